The second kappa shape index (κ2) is 9.47. The summed E-state index contributed by atoms with van der Waals surface area (Å²) < 4.78 is 13.6. The Bertz CT molecular complexity index is 1040. The van der Waals surface area contributed by atoms with Crippen molar-refractivity contribution in [3.05, 3.63) is 82.9 Å². The molecular weight excluding hydrogens is 407 g/mol. The van der Waals surface area contributed by atoms with Crippen LogP contribution in [0.2, 0.25) is 0 Å². The summed E-state index contributed by atoms with van der Waals surface area (Å²) in [5, 5.41) is 16.9. The second-order valence-corrected chi connectivity index (χ2v) is 9.01. The summed E-state index contributed by atoms with van der Waals surface area (Å²) in [5.74, 6) is -2.44. The third-order valence-corrected chi connectivity index (χ3v) is 6.21. The van der Waals surface area contributed by atoms with Gasteiger partial charge in [-0.05, 0) is 63.3 Å². The first-order chi connectivity index (χ1) is 15.1. The molecule has 0 bridgehead atoms. The number of amides is 1. The molecule has 0 spiro atoms. The lowest BCUT2D eigenvalue weighted by atomic mass is 9.84. The number of rotatable bonds is 7. The molecule has 1 fully saturated rings. The van der Waals surface area contributed by atoms with Crippen molar-refractivity contribution in [2.75, 3.05) is 0 Å². The summed E-state index contributed by atoms with van der Waals surface area (Å²) in [5.41, 5.74) is 2.72. The van der Waals surface area contributed by atoms with Crippen molar-refractivity contribution in [1.82, 2.24) is 4.90 Å². The number of hydrogen-bond acceptors (Lipinski definition) is 4. The zero-order valence-corrected chi connectivity index (χ0v) is 18.6. The summed E-state index contributed by atoms with van der Waals surface area (Å²) in [7, 11) is 0. The van der Waals surface area contributed by atoms with Gasteiger partial charge in [0.15, 0.2) is 5.76 Å². The van der Waals surface area contributed by atoms with Crippen LogP contribution in [0.3, 0.4) is 0 Å². The van der Waals surface area contributed by atoms with E-state index in [0.29, 0.717) is 12.6 Å². The molecule has 2 aromatic carbocycles. The van der Waals surface area contributed by atoms with Crippen LogP contribution in [0, 0.1) is 18.2 Å². The fourth-order valence-electron chi connectivity index (χ4n) is 4.62. The molecule has 6 heteroatoms. The minimum atomic E-state index is -0.907. The second-order valence-electron chi connectivity index (χ2n) is 9.01. The fraction of sp³-hybridized carbons (Fsp3) is 0.346. The number of likely N-dealkylation sites (tertiary alicyclic amines) is 1. The Hall–Kier alpha value is -3.28. The smallest absolute Gasteiger partial charge is 0.251 e. The van der Waals surface area contributed by atoms with Crippen molar-refractivity contribution >= 4 is 17.9 Å². The molecule has 0 radical (unpaired) electrons. The van der Waals surface area contributed by atoms with Gasteiger partial charge in [0.2, 0.25) is 5.78 Å². The van der Waals surface area contributed by atoms with Crippen LogP contribution in [0.15, 0.2) is 60.4 Å². The summed E-state index contributed by atoms with van der Waals surface area (Å²) in [4.78, 5) is 26.3. The van der Waals surface area contributed by atoms with Crippen LogP contribution in [-0.4, -0.2) is 39.5 Å². The van der Waals surface area contributed by atoms with Crippen molar-refractivity contribution in [3.8, 4) is 0 Å². The van der Waals surface area contributed by atoms with Gasteiger partial charge in [0, 0.05) is 23.6 Å². The van der Waals surface area contributed by atoms with E-state index in [2.05, 4.69) is 6.07 Å². The average Bonchev–Trinajstić information content (AvgIpc) is 3.06. The fourth-order valence-corrected chi connectivity index (χ4v) is 4.62. The predicted molar refractivity (Wildman–Crippen MR) is 122 cm³/mol. The van der Waals surface area contributed by atoms with Crippen LogP contribution in [-0.2, 0) is 9.59 Å². The van der Waals surface area contributed by atoms with E-state index in [1.807, 2.05) is 39.0 Å². The van der Waals surface area contributed by atoms with E-state index in [0.717, 1.165) is 35.6 Å². The first-order valence-electron chi connectivity index (χ1n) is 10.7. The lowest BCUT2D eigenvalue weighted by Crippen LogP contribution is -2.47. The molecule has 168 valence electrons. The van der Waals surface area contributed by atoms with Gasteiger partial charge in [0.05, 0.1) is 6.21 Å². The maximum absolute atomic E-state index is 13.6. The van der Waals surface area contributed by atoms with Crippen molar-refractivity contribution in [2.45, 2.75) is 57.5 Å². The highest BCUT2D eigenvalue weighted by molar-refractivity contribution is 6.33. The Balaban J connectivity index is 1.96. The molecule has 32 heavy (non-hydrogen) atoms. The summed E-state index contributed by atoms with van der Waals surface area (Å²) in [6.45, 7) is 5.95. The topological polar surface area (TPSA) is 81.5 Å². The van der Waals surface area contributed by atoms with Crippen molar-refractivity contribution in [3.63, 3.8) is 0 Å². The van der Waals surface area contributed by atoms with Crippen LogP contribution >= 0.6 is 0 Å². The highest BCUT2D eigenvalue weighted by Gasteiger charge is 2.43. The van der Waals surface area contributed by atoms with Gasteiger partial charge in [-0.2, -0.15) is 0 Å². The molecule has 1 saturated heterocycles. The number of aliphatic hydroxyl groups excluding tert-OH is 1. The van der Waals surface area contributed by atoms with Crippen LogP contribution in [0.5, 0.6) is 0 Å². The van der Waals surface area contributed by atoms with Crippen LogP contribution in [0.4, 0.5) is 4.39 Å². The molecule has 5 nitrogen and oxygen atoms in total. The Labute approximate surface area is 188 Å². The lowest BCUT2D eigenvalue weighted by Gasteiger charge is -2.37. The molecule has 2 atom stereocenters. The van der Waals surface area contributed by atoms with Gasteiger partial charge in [-0.15, -0.1) is 0 Å². The normalized spacial score (nSPS) is 18.9. The van der Waals surface area contributed by atoms with Gasteiger partial charge in [-0.25, -0.2) is 4.39 Å². The number of carbonyl (C=O) groups excluding carboxylic acids is 2. The van der Waals surface area contributed by atoms with E-state index in [4.69, 9.17) is 5.41 Å². The highest BCUT2D eigenvalue weighted by Crippen LogP contribution is 2.40. The molecule has 0 aliphatic carbocycles. The van der Waals surface area contributed by atoms with E-state index >= 15 is 0 Å². The standard InChI is InChI=1S/C26H29FN2O3/c1-17-5-4-6-19(13-17)22(18-7-9-20(27)10-8-18)14-21-11-12-26(2,3)29(21)25(32)15-23(30)24(31)16-28/h4-10,13,15-16,21-22,28,30H,11-12,14H2,1-3H3/b23-15-,28-16?/t21-,22-/m1/s1. The number of allylic oxidation sites excluding steroid dienone is 1. The zero-order chi connectivity index (χ0) is 23.5. The molecule has 1 aliphatic rings. The van der Waals surface area contributed by atoms with E-state index in [1.54, 1.807) is 17.0 Å². The van der Waals surface area contributed by atoms with Crippen LogP contribution < -0.4 is 0 Å². The third-order valence-electron chi connectivity index (χ3n) is 6.21. The summed E-state index contributed by atoms with van der Waals surface area (Å²) in [6.07, 6.45) is 3.56. The Kier molecular flexibility index (Phi) is 6.92. The molecule has 3 rings (SSSR count). The molecule has 0 saturated carbocycles. The first-order valence-corrected chi connectivity index (χ1v) is 10.7. The quantitative estimate of drug-likeness (QED) is 0.360. The Morgan fingerprint density at radius 1 is 1.22 bits per heavy atom. The maximum Gasteiger partial charge on any atom is 0.251 e. The molecule has 0 aromatic heterocycles. The molecule has 0 unspecified atom stereocenters. The van der Waals surface area contributed by atoms with E-state index < -0.39 is 23.0 Å². The minimum absolute atomic E-state index is 0.0505. The van der Waals surface area contributed by atoms with Crippen LogP contribution in [0.25, 0.3) is 0 Å². The number of hydrogen-bond donors (Lipinski definition) is 2. The Morgan fingerprint density at radius 2 is 1.91 bits per heavy atom. The van der Waals surface area contributed by atoms with E-state index in [-0.39, 0.29) is 17.8 Å². The largest absolute Gasteiger partial charge is 0.504 e. The van der Waals surface area contributed by atoms with E-state index in [1.165, 1.54) is 12.1 Å². The van der Waals surface area contributed by atoms with Gasteiger partial charge in [0.1, 0.15) is 5.82 Å². The molecular formula is C26H29FN2O3. The lowest BCUT2D eigenvalue weighted by molar-refractivity contribution is -0.132. The number of aliphatic hydroxyl groups is 1. The highest BCUT2D eigenvalue weighted by atomic mass is 19.1. The number of halogens is 1. The third kappa shape index (κ3) is 5.13. The number of nitrogens with zero attached hydrogens (tertiary/aromatic N) is 1. The molecule has 2 aromatic rings. The van der Waals surface area contributed by atoms with Crippen molar-refractivity contribution < 1.29 is 19.1 Å². The number of nitrogens with one attached hydrogen (secondary N) is 1. The number of aryl methyl sites for hydroxylation is 1. The zero-order valence-electron chi connectivity index (χ0n) is 18.6. The number of benzene rings is 2. The monoisotopic (exact) mass is 436 g/mol. The SMILES string of the molecule is Cc1cccc([C@H](C[C@H]2CCC(C)(C)N2C(=O)/C=C(\O)C(=O)C=N)c2ccc(F)cc2)c1. The minimum Gasteiger partial charge on any atom is -0.504 e. The average molecular weight is 437 g/mol. The number of ketones is 1. The predicted octanol–water partition coefficient (Wildman–Crippen LogP) is 5.09. The molecule has 2 N–H and O–H groups in total. The number of Topliss-reactive ketones (excluding diaryl/α,β-unsaturated/α-hetero) is 1. The van der Waals surface area contributed by atoms with Crippen LogP contribution in [0.1, 0.15) is 55.7 Å². The summed E-state index contributed by atoms with van der Waals surface area (Å²) in [6, 6.07) is 14.5. The van der Waals surface area contributed by atoms with E-state index in [9.17, 15) is 19.1 Å². The van der Waals surface area contributed by atoms with Gasteiger partial charge in [-0.1, -0.05) is 42.0 Å². The first kappa shape index (κ1) is 23.4. The molecule has 1 aliphatic heterocycles. The van der Waals surface area contributed by atoms with Gasteiger partial charge >= 0.3 is 0 Å². The van der Waals surface area contributed by atoms with Crippen molar-refractivity contribution in [2.24, 2.45) is 0 Å². The number of carbonyl (C=O) groups is 2. The van der Waals surface area contributed by atoms with Crippen molar-refractivity contribution in [1.29, 1.82) is 5.41 Å². The van der Waals surface area contributed by atoms with Gasteiger partial charge < -0.3 is 15.4 Å². The van der Waals surface area contributed by atoms with Gasteiger partial charge in [0.25, 0.3) is 5.91 Å². The van der Waals surface area contributed by atoms with Gasteiger partial charge in [-0.3, -0.25) is 9.59 Å². The maximum atomic E-state index is 13.6. The molecule has 1 heterocycles. The Morgan fingerprint density at radius 3 is 2.53 bits per heavy atom. The summed E-state index contributed by atoms with van der Waals surface area (Å²) >= 11 is 0. The molecule has 1 amide bonds.